The van der Waals surface area contributed by atoms with Crippen LogP contribution in [0.1, 0.15) is 47.0 Å². The van der Waals surface area contributed by atoms with Gasteiger partial charge in [0.1, 0.15) is 6.10 Å². The first kappa shape index (κ1) is 27.8. The van der Waals surface area contributed by atoms with E-state index in [0.29, 0.717) is 12.3 Å². The van der Waals surface area contributed by atoms with Crippen LogP contribution < -0.4 is 10.6 Å². The number of nitrogens with one attached hydrogen (secondary N) is 2. The van der Waals surface area contributed by atoms with Crippen LogP contribution in [-0.4, -0.2) is 84.0 Å². The van der Waals surface area contributed by atoms with Gasteiger partial charge in [0.15, 0.2) is 5.12 Å². The normalized spacial score (nSPS) is 24.8. The molecule has 0 aromatic heterocycles. The number of carbonyl (C=O) groups excluding carboxylic acids is 3. The molecule has 0 spiro atoms. The average Bonchev–Trinajstić information content (AvgIpc) is 2.66. The van der Waals surface area contributed by atoms with Gasteiger partial charge in [0.2, 0.25) is 11.8 Å². The summed E-state index contributed by atoms with van der Waals surface area (Å²) in [6, 6.07) is 0. The van der Waals surface area contributed by atoms with Crippen LogP contribution in [0, 0.1) is 5.41 Å². The van der Waals surface area contributed by atoms with Gasteiger partial charge in [0, 0.05) is 44.7 Å². The van der Waals surface area contributed by atoms with Crippen molar-refractivity contribution in [1.82, 2.24) is 10.6 Å². The molecule has 1 aliphatic rings. The molecule has 180 valence electrons. The van der Waals surface area contributed by atoms with Crippen LogP contribution >= 0.6 is 11.8 Å². The summed E-state index contributed by atoms with van der Waals surface area (Å²) in [5.41, 5.74) is -0.673. The molecule has 0 aromatic rings. The highest BCUT2D eigenvalue weighted by atomic mass is 32.2. The molecule has 31 heavy (non-hydrogen) atoms. The van der Waals surface area contributed by atoms with Gasteiger partial charge in [0.25, 0.3) is 5.97 Å². The lowest BCUT2D eigenvalue weighted by molar-refractivity contribution is -0.429. The van der Waals surface area contributed by atoms with Gasteiger partial charge in [-0.15, -0.1) is 0 Å². The van der Waals surface area contributed by atoms with Gasteiger partial charge in [-0.25, -0.2) is 0 Å². The number of aliphatic hydroxyl groups excluding tert-OH is 2. The molecule has 4 atom stereocenters. The number of aliphatic hydroxyl groups is 2. The first-order chi connectivity index (χ1) is 14.4. The highest BCUT2D eigenvalue weighted by Crippen LogP contribution is 2.38. The van der Waals surface area contributed by atoms with Crippen LogP contribution in [-0.2, 0) is 28.6 Å². The van der Waals surface area contributed by atoms with E-state index in [0.717, 1.165) is 11.8 Å². The van der Waals surface area contributed by atoms with Gasteiger partial charge in [-0.3, -0.25) is 14.4 Å². The number of rotatable bonds is 12. The minimum absolute atomic E-state index is 0.00823. The fourth-order valence-electron chi connectivity index (χ4n) is 3.08. The number of methoxy groups -OCH3 is 1. The largest absolute Gasteiger partial charge is 0.393 e. The maximum atomic E-state index is 12.8. The van der Waals surface area contributed by atoms with E-state index >= 15 is 0 Å². The van der Waals surface area contributed by atoms with Gasteiger partial charge in [-0.05, 0) is 13.3 Å². The van der Waals surface area contributed by atoms with Crippen LogP contribution in [0.4, 0.5) is 0 Å². The molecule has 0 aromatic carbocycles. The second-order valence-electron chi connectivity index (χ2n) is 8.34. The van der Waals surface area contributed by atoms with E-state index in [1.54, 1.807) is 6.92 Å². The fraction of sp³-hybridized carbons (Fsp3) is 0.850. The molecule has 4 N–H and O–H groups in total. The highest BCUT2D eigenvalue weighted by molar-refractivity contribution is 8.13. The zero-order valence-electron chi connectivity index (χ0n) is 18.9. The molecule has 3 unspecified atom stereocenters. The quantitative estimate of drug-likeness (QED) is 0.297. The first-order valence-corrected chi connectivity index (χ1v) is 11.3. The van der Waals surface area contributed by atoms with Crippen LogP contribution in [0.5, 0.6) is 0 Å². The molecule has 10 nitrogen and oxygen atoms in total. The van der Waals surface area contributed by atoms with Crippen LogP contribution in [0.2, 0.25) is 0 Å². The third kappa shape index (κ3) is 9.84. The SMILES string of the molecule is COC1(CC(O)CC(C)O)OCC(C)(C)[C@H](C(=O)NCCC(=O)NCCSC(C)=O)O1. The summed E-state index contributed by atoms with van der Waals surface area (Å²) in [5.74, 6) is -1.77. The fourth-order valence-corrected chi connectivity index (χ4v) is 3.57. The summed E-state index contributed by atoms with van der Waals surface area (Å²) in [5, 5.41) is 25.0. The molecule has 2 amide bonds. The molecular formula is C20H36N2O8S. The monoisotopic (exact) mass is 464 g/mol. The molecule has 0 radical (unpaired) electrons. The van der Waals surface area contributed by atoms with Crippen LogP contribution in [0.15, 0.2) is 0 Å². The summed E-state index contributed by atoms with van der Waals surface area (Å²) < 4.78 is 17.0. The van der Waals surface area contributed by atoms with Crippen molar-refractivity contribution in [3.05, 3.63) is 0 Å². The van der Waals surface area contributed by atoms with E-state index in [2.05, 4.69) is 10.6 Å². The maximum Gasteiger partial charge on any atom is 0.285 e. The summed E-state index contributed by atoms with van der Waals surface area (Å²) in [4.78, 5) is 35.5. The zero-order valence-corrected chi connectivity index (χ0v) is 19.8. The maximum absolute atomic E-state index is 12.8. The first-order valence-electron chi connectivity index (χ1n) is 10.3. The van der Waals surface area contributed by atoms with Crippen molar-refractivity contribution >= 4 is 28.7 Å². The lowest BCUT2D eigenvalue weighted by Crippen LogP contribution is -2.60. The standard InChI is InChI=1S/C20H36N2O8S/c1-13(23)10-15(25)11-20(28-5)29-12-19(3,4)17(30-20)18(27)22-7-6-16(26)21-8-9-31-14(2)24/h13,15,17,23,25H,6-12H2,1-5H3,(H,21,26)(H,22,27)/t13?,15?,17-,20?/m0/s1. The molecule has 0 bridgehead atoms. The lowest BCUT2D eigenvalue weighted by Gasteiger charge is -2.47. The van der Waals surface area contributed by atoms with Gasteiger partial charge in [-0.2, -0.15) is 0 Å². The molecular weight excluding hydrogens is 428 g/mol. The number of amides is 2. The van der Waals surface area contributed by atoms with E-state index in [4.69, 9.17) is 14.2 Å². The van der Waals surface area contributed by atoms with Crippen molar-refractivity contribution in [2.24, 2.45) is 5.41 Å². The molecule has 0 saturated carbocycles. The molecule has 0 aliphatic carbocycles. The van der Waals surface area contributed by atoms with Gasteiger partial charge >= 0.3 is 0 Å². The van der Waals surface area contributed by atoms with E-state index in [-0.39, 0.29) is 43.4 Å². The number of hydrogen-bond acceptors (Lipinski definition) is 9. The Morgan fingerprint density at radius 3 is 2.48 bits per heavy atom. The molecule has 1 rings (SSSR count). The number of carbonyl (C=O) groups is 3. The molecule has 1 fully saturated rings. The van der Waals surface area contributed by atoms with Gasteiger partial charge in [-0.1, -0.05) is 25.6 Å². The van der Waals surface area contributed by atoms with E-state index in [9.17, 15) is 24.6 Å². The van der Waals surface area contributed by atoms with Crippen molar-refractivity contribution in [1.29, 1.82) is 0 Å². The minimum Gasteiger partial charge on any atom is -0.393 e. The predicted molar refractivity (Wildman–Crippen MR) is 115 cm³/mol. The smallest absolute Gasteiger partial charge is 0.285 e. The number of ether oxygens (including phenoxy) is 3. The van der Waals surface area contributed by atoms with E-state index in [1.165, 1.54) is 14.0 Å². The summed E-state index contributed by atoms with van der Waals surface area (Å²) in [6.07, 6.45) is -2.48. The molecule has 1 aliphatic heterocycles. The Kier molecular flexibility index (Phi) is 11.4. The second-order valence-corrected chi connectivity index (χ2v) is 9.61. The number of thioether (sulfide) groups is 1. The Bertz CT molecular complexity index is 616. The molecule has 1 saturated heterocycles. The number of hydrogen-bond donors (Lipinski definition) is 4. The van der Waals surface area contributed by atoms with Crippen molar-refractivity contribution in [2.45, 2.75) is 71.2 Å². The van der Waals surface area contributed by atoms with E-state index in [1.807, 2.05) is 13.8 Å². The summed E-state index contributed by atoms with van der Waals surface area (Å²) >= 11 is 1.13. The van der Waals surface area contributed by atoms with Crippen molar-refractivity contribution in [3.8, 4) is 0 Å². The third-order valence-electron chi connectivity index (χ3n) is 4.70. The molecule has 1 heterocycles. The Morgan fingerprint density at radius 1 is 1.23 bits per heavy atom. The van der Waals surface area contributed by atoms with Gasteiger partial charge < -0.3 is 35.1 Å². The van der Waals surface area contributed by atoms with Crippen molar-refractivity contribution in [3.63, 3.8) is 0 Å². The summed E-state index contributed by atoms with van der Waals surface area (Å²) in [6.45, 7) is 7.28. The topological polar surface area (TPSA) is 143 Å². The summed E-state index contributed by atoms with van der Waals surface area (Å²) in [7, 11) is 1.36. The second kappa shape index (κ2) is 12.7. The van der Waals surface area contributed by atoms with Crippen LogP contribution in [0.25, 0.3) is 0 Å². The van der Waals surface area contributed by atoms with E-state index < -0.39 is 35.6 Å². The zero-order chi connectivity index (χ0) is 23.7. The highest BCUT2D eigenvalue weighted by Gasteiger charge is 2.51. The Balaban J connectivity index is 2.59. The third-order valence-corrected chi connectivity index (χ3v) is 5.51. The Labute approximate surface area is 187 Å². The van der Waals surface area contributed by atoms with Gasteiger partial charge in [0.05, 0.1) is 25.2 Å². The van der Waals surface area contributed by atoms with Crippen molar-refractivity contribution < 1.29 is 38.8 Å². The molecule has 11 heteroatoms. The lowest BCUT2D eigenvalue weighted by atomic mass is 9.85. The Morgan fingerprint density at radius 2 is 1.90 bits per heavy atom. The Hall–Kier alpha value is -1.24. The van der Waals surface area contributed by atoms with Crippen LogP contribution in [0.3, 0.4) is 0 Å². The average molecular weight is 465 g/mol. The van der Waals surface area contributed by atoms with Crippen molar-refractivity contribution in [2.75, 3.05) is 32.6 Å². The predicted octanol–water partition coefficient (Wildman–Crippen LogP) is 0.152. The minimum atomic E-state index is -1.61.